The van der Waals surface area contributed by atoms with Gasteiger partial charge in [0.1, 0.15) is 0 Å². The average molecular weight is 435 g/mol. The quantitative estimate of drug-likeness (QED) is 0.209. The van der Waals surface area contributed by atoms with Gasteiger partial charge in [-0.1, -0.05) is 24.3 Å². The summed E-state index contributed by atoms with van der Waals surface area (Å²) in [7, 11) is 0. The standard InChI is InChI=1S/C27H14S3/c1-2-15-9-22-21-11-17-8-14-4-5-23-19(6-7-28-23)20(14)10-18(17)12-24(21)30-26(22)27-25(15)16(3-1)13-29-27/h1-8,10-13H,9H2. The molecular weight excluding hydrogens is 420 g/mol. The molecule has 0 fully saturated rings. The Morgan fingerprint density at radius 1 is 0.633 bits per heavy atom. The Bertz CT molecular complexity index is 1820. The van der Waals surface area contributed by atoms with Crippen molar-refractivity contribution in [2.24, 2.45) is 0 Å². The first-order valence-corrected chi connectivity index (χ1v) is 12.7. The van der Waals surface area contributed by atoms with Crippen molar-refractivity contribution < 1.29 is 0 Å². The molecule has 0 unspecified atom stereocenters. The van der Waals surface area contributed by atoms with E-state index in [0.29, 0.717) is 0 Å². The highest BCUT2D eigenvalue weighted by atomic mass is 32.1. The van der Waals surface area contributed by atoms with Crippen LogP contribution < -0.4 is 0 Å². The summed E-state index contributed by atoms with van der Waals surface area (Å²) in [5, 5.41) is 15.6. The molecule has 3 aromatic heterocycles. The molecule has 3 heteroatoms. The van der Waals surface area contributed by atoms with Crippen molar-refractivity contribution in [3.63, 3.8) is 0 Å². The maximum absolute atomic E-state index is 2.44. The molecule has 0 aliphatic heterocycles. The van der Waals surface area contributed by atoms with Crippen molar-refractivity contribution in [3.8, 4) is 9.75 Å². The van der Waals surface area contributed by atoms with Crippen molar-refractivity contribution in [2.75, 3.05) is 0 Å². The molecule has 0 saturated heterocycles. The molecular formula is C27H14S3. The van der Waals surface area contributed by atoms with Gasteiger partial charge in [-0.2, -0.15) is 0 Å². The fourth-order valence-corrected chi connectivity index (χ4v) is 8.52. The molecule has 30 heavy (non-hydrogen) atoms. The highest BCUT2D eigenvalue weighted by Crippen LogP contribution is 2.50. The normalized spacial score (nSPS) is 13.2. The van der Waals surface area contributed by atoms with Crippen molar-refractivity contribution >= 4 is 86.5 Å². The van der Waals surface area contributed by atoms with Crippen LogP contribution in [0.25, 0.3) is 62.2 Å². The van der Waals surface area contributed by atoms with Gasteiger partial charge in [0.2, 0.25) is 0 Å². The molecule has 0 saturated carbocycles. The Morgan fingerprint density at radius 3 is 2.57 bits per heavy atom. The van der Waals surface area contributed by atoms with E-state index >= 15 is 0 Å². The first kappa shape index (κ1) is 16.0. The van der Waals surface area contributed by atoms with Crippen LogP contribution in [0.4, 0.5) is 0 Å². The van der Waals surface area contributed by atoms with E-state index in [-0.39, 0.29) is 0 Å². The first-order valence-electron chi connectivity index (χ1n) is 10.1. The van der Waals surface area contributed by atoms with Crippen LogP contribution in [0, 0.1) is 0 Å². The smallest absolute Gasteiger partial charge is 0.0527 e. The molecule has 1 aliphatic rings. The van der Waals surface area contributed by atoms with E-state index in [0.717, 1.165) is 6.42 Å². The van der Waals surface area contributed by atoms with Crippen molar-refractivity contribution in [3.05, 3.63) is 82.6 Å². The number of hydrogen-bond acceptors (Lipinski definition) is 3. The van der Waals surface area contributed by atoms with Gasteiger partial charge in [0.05, 0.1) is 4.88 Å². The average Bonchev–Trinajstić information content (AvgIpc) is 3.49. The van der Waals surface area contributed by atoms with Crippen LogP contribution in [0.5, 0.6) is 0 Å². The third-order valence-electron chi connectivity index (χ3n) is 6.61. The lowest BCUT2D eigenvalue weighted by Crippen LogP contribution is -1.95. The molecule has 8 rings (SSSR count). The number of thiophene rings is 3. The third-order valence-corrected chi connectivity index (χ3v) is 9.84. The molecule has 0 radical (unpaired) electrons. The second-order valence-corrected chi connectivity index (χ2v) is 11.1. The fourth-order valence-electron chi connectivity index (χ4n) is 5.21. The monoisotopic (exact) mass is 434 g/mol. The Morgan fingerprint density at radius 2 is 1.57 bits per heavy atom. The summed E-state index contributed by atoms with van der Waals surface area (Å²) in [6.07, 6.45) is 1.05. The lowest BCUT2D eigenvalue weighted by Gasteiger charge is -2.13. The molecule has 0 spiro atoms. The maximum atomic E-state index is 2.44. The van der Waals surface area contributed by atoms with Gasteiger partial charge in [0, 0.05) is 31.5 Å². The van der Waals surface area contributed by atoms with Crippen molar-refractivity contribution in [2.45, 2.75) is 6.42 Å². The van der Waals surface area contributed by atoms with Crippen LogP contribution in [0.1, 0.15) is 11.1 Å². The van der Waals surface area contributed by atoms with Crippen LogP contribution in [-0.2, 0) is 6.42 Å². The van der Waals surface area contributed by atoms with Gasteiger partial charge in [-0.05, 0) is 90.6 Å². The minimum atomic E-state index is 1.05. The molecule has 0 amide bonds. The van der Waals surface area contributed by atoms with E-state index in [1.165, 1.54) is 73.4 Å². The number of fused-ring (bicyclic) bond motifs is 8. The van der Waals surface area contributed by atoms with E-state index in [9.17, 15) is 0 Å². The summed E-state index contributed by atoms with van der Waals surface area (Å²) in [4.78, 5) is 2.96. The van der Waals surface area contributed by atoms with Gasteiger partial charge in [-0.15, -0.1) is 34.0 Å². The molecule has 140 valence electrons. The second kappa shape index (κ2) is 5.50. The largest absolute Gasteiger partial charge is 0.144 e. The Kier molecular flexibility index (Phi) is 2.94. The summed E-state index contributed by atoms with van der Waals surface area (Å²) >= 11 is 5.71. The molecule has 0 bridgehead atoms. The lowest BCUT2D eigenvalue weighted by molar-refractivity contribution is 1.24. The van der Waals surface area contributed by atoms with E-state index < -0.39 is 0 Å². The molecule has 7 aromatic rings. The van der Waals surface area contributed by atoms with Gasteiger partial charge in [-0.25, -0.2) is 0 Å². The summed E-state index contributed by atoms with van der Waals surface area (Å²) in [5.41, 5.74) is 3.00. The molecule has 0 atom stereocenters. The predicted molar refractivity (Wildman–Crippen MR) is 136 cm³/mol. The molecule has 1 aliphatic carbocycles. The zero-order valence-corrected chi connectivity index (χ0v) is 18.3. The minimum absolute atomic E-state index is 1.05. The van der Waals surface area contributed by atoms with Crippen molar-refractivity contribution in [1.29, 1.82) is 0 Å². The summed E-state index contributed by atoms with van der Waals surface area (Å²) in [5.74, 6) is 0. The second-order valence-electron chi connectivity index (χ2n) is 8.20. The fraction of sp³-hybridized carbons (Fsp3) is 0.0370. The maximum Gasteiger partial charge on any atom is 0.0527 e. The Balaban J connectivity index is 1.47. The lowest BCUT2D eigenvalue weighted by atomic mass is 9.91. The zero-order chi connectivity index (χ0) is 19.4. The number of hydrogen-bond donors (Lipinski definition) is 0. The zero-order valence-electron chi connectivity index (χ0n) is 15.9. The van der Waals surface area contributed by atoms with E-state index in [1.807, 2.05) is 34.0 Å². The third kappa shape index (κ3) is 1.96. The molecule has 4 aromatic carbocycles. The van der Waals surface area contributed by atoms with Crippen molar-refractivity contribution in [1.82, 2.24) is 0 Å². The molecule has 0 N–H and O–H groups in total. The van der Waals surface area contributed by atoms with Crippen LogP contribution in [0.3, 0.4) is 0 Å². The van der Waals surface area contributed by atoms with Crippen LogP contribution in [0.15, 0.2) is 71.4 Å². The highest BCUT2D eigenvalue weighted by Gasteiger charge is 2.24. The first-order chi connectivity index (χ1) is 14.8. The Labute approximate surface area is 184 Å². The summed E-state index contributed by atoms with van der Waals surface area (Å²) in [6, 6.07) is 23.2. The highest BCUT2D eigenvalue weighted by molar-refractivity contribution is 7.26. The van der Waals surface area contributed by atoms with E-state index in [4.69, 9.17) is 0 Å². The van der Waals surface area contributed by atoms with Gasteiger partial charge >= 0.3 is 0 Å². The predicted octanol–water partition coefficient (Wildman–Crippen LogP) is 9.21. The van der Waals surface area contributed by atoms with Crippen LogP contribution >= 0.6 is 34.0 Å². The van der Waals surface area contributed by atoms with Gasteiger partial charge in [-0.3, -0.25) is 0 Å². The number of rotatable bonds is 0. The van der Waals surface area contributed by atoms with E-state index in [2.05, 4.69) is 71.4 Å². The van der Waals surface area contributed by atoms with Gasteiger partial charge in [0.15, 0.2) is 0 Å². The van der Waals surface area contributed by atoms with Crippen LogP contribution in [0.2, 0.25) is 0 Å². The molecule has 0 nitrogen and oxygen atoms in total. The van der Waals surface area contributed by atoms with Crippen LogP contribution in [-0.4, -0.2) is 0 Å². The Hall–Kier alpha value is -2.72. The summed E-state index contributed by atoms with van der Waals surface area (Å²) in [6.45, 7) is 0. The topological polar surface area (TPSA) is 0 Å². The van der Waals surface area contributed by atoms with E-state index in [1.54, 1.807) is 0 Å². The SMILES string of the molecule is c1cc2c3c(scc3c1)-c1sc3cc4cc5c(ccc6sccc65)cc4cc3c1C2. The van der Waals surface area contributed by atoms with Gasteiger partial charge < -0.3 is 0 Å². The molecule has 3 heterocycles. The van der Waals surface area contributed by atoms with Gasteiger partial charge in [0.25, 0.3) is 0 Å². The summed E-state index contributed by atoms with van der Waals surface area (Å²) < 4.78 is 2.78. The number of benzene rings is 4. The minimum Gasteiger partial charge on any atom is -0.144 e.